The summed E-state index contributed by atoms with van der Waals surface area (Å²) in [6.45, 7) is 1.71. The van der Waals surface area contributed by atoms with Crippen LogP contribution in [0.25, 0.3) is 11.4 Å². The lowest BCUT2D eigenvalue weighted by Crippen LogP contribution is -2.12. The number of benzene rings is 1. The molecule has 6 heteroatoms. The maximum atomic E-state index is 8.57. The van der Waals surface area contributed by atoms with Crippen LogP contribution < -0.4 is 5.73 Å². The Balaban J connectivity index is 2.43. The molecule has 2 rings (SSSR count). The second kappa shape index (κ2) is 4.01. The van der Waals surface area contributed by atoms with Gasteiger partial charge < -0.3 is 15.5 Å². The number of nitrogens with two attached hydrogens (primary N) is 1. The number of hydrogen-bond donors (Lipinski definition) is 2. The molecule has 0 bridgehead atoms. The Morgan fingerprint density at radius 2 is 2.31 bits per heavy atom. The van der Waals surface area contributed by atoms with Crippen LogP contribution in [0, 0.1) is 6.92 Å². The van der Waals surface area contributed by atoms with E-state index >= 15 is 0 Å². The van der Waals surface area contributed by atoms with Crippen LogP contribution in [-0.4, -0.2) is 21.2 Å². The van der Waals surface area contributed by atoms with Crippen molar-refractivity contribution in [3.05, 3.63) is 35.7 Å². The lowest BCUT2D eigenvalue weighted by molar-refractivity contribution is 0.318. The van der Waals surface area contributed by atoms with Gasteiger partial charge in [-0.25, -0.2) is 0 Å². The number of nitrogens with zero attached hydrogens (tertiary/aromatic N) is 3. The molecular formula is C10H10N4O2. The van der Waals surface area contributed by atoms with Crippen molar-refractivity contribution < 1.29 is 9.73 Å². The Morgan fingerprint density at radius 3 is 2.94 bits per heavy atom. The third kappa shape index (κ3) is 1.85. The summed E-state index contributed by atoms with van der Waals surface area (Å²) in [6.07, 6.45) is 0. The standard InChI is InChI=1S/C10H10N4O2/c1-6-12-10(14-16-6)8-4-2-3-7(5-8)9(11)13-15/h2-5,15H,1H3,(H2,11,13). The van der Waals surface area contributed by atoms with Crippen LogP contribution >= 0.6 is 0 Å². The highest BCUT2D eigenvalue weighted by Crippen LogP contribution is 2.16. The van der Waals surface area contributed by atoms with Crippen molar-refractivity contribution in [1.82, 2.24) is 10.1 Å². The molecule has 3 N–H and O–H groups in total. The van der Waals surface area contributed by atoms with E-state index in [2.05, 4.69) is 15.3 Å². The van der Waals surface area contributed by atoms with E-state index in [0.29, 0.717) is 17.3 Å². The summed E-state index contributed by atoms with van der Waals surface area (Å²) >= 11 is 0. The van der Waals surface area contributed by atoms with E-state index in [1.807, 2.05) is 6.07 Å². The summed E-state index contributed by atoms with van der Waals surface area (Å²) in [5.41, 5.74) is 6.83. The second-order valence-corrected chi connectivity index (χ2v) is 3.20. The number of aryl methyl sites for hydroxylation is 1. The fourth-order valence-corrected chi connectivity index (χ4v) is 1.29. The molecule has 1 aromatic heterocycles. The largest absolute Gasteiger partial charge is 0.409 e. The van der Waals surface area contributed by atoms with Crippen molar-refractivity contribution in [1.29, 1.82) is 0 Å². The summed E-state index contributed by atoms with van der Waals surface area (Å²) in [7, 11) is 0. The summed E-state index contributed by atoms with van der Waals surface area (Å²) in [5, 5.41) is 15.3. The van der Waals surface area contributed by atoms with Gasteiger partial charge >= 0.3 is 0 Å². The third-order valence-electron chi connectivity index (χ3n) is 2.05. The molecule has 16 heavy (non-hydrogen) atoms. The molecule has 0 amide bonds. The van der Waals surface area contributed by atoms with Gasteiger partial charge in [0.1, 0.15) is 0 Å². The molecule has 0 saturated carbocycles. The smallest absolute Gasteiger partial charge is 0.223 e. The van der Waals surface area contributed by atoms with Crippen LogP contribution in [0.3, 0.4) is 0 Å². The van der Waals surface area contributed by atoms with E-state index in [9.17, 15) is 0 Å². The molecule has 1 heterocycles. The number of aromatic nitrogens is 2. The lowest BCUT2D eigenvalue weighted by Gasteiger charge is -1.99. The molecule has 1 aromatic carbocycles. The Labute approximate surface area is 91.4 Å². The summed E-state index contributed by atoms with van der Waals surface area (Å²) in [5.74, 6) is 1.01. The van der Waals surface area contributed by atoms with Gasteiger partial charge in [0.2, 0.25) is 11.7 Å². The van der Waals surface area contributed by atoms with Gasteiger partial charge in [0.15, 0.2) is 5.84 Å². The average Bonchev–Trinajstić information content (AvgIpc) is 2.75. The van der Waals surface area contributed by atoms with Gasteiger partial charge in [-0.15, -0.1) is 0 Å². The monoisotopic (exact) mass is 218 g/mol. The van der Waals surface area contributed by atoms with Crippen molar-refractivity contribution in [3.8, 4) is 11.4 Å². The molecule has 0 atom stereocenters. The van der Waals surface area contributed by atoms with Crippen LogP contribution in [0.2, 0.25) is 0 Å². The Kier molecular flexibility index (Phi) is 2.55. The number of rotatable bonds is 2. The van der Waals surface area contributed by atoms with Crippen LogP contribution in [0.5, 0.6) is 0 Å². The van der Waals surface area contributed by atoms with Crippen LogP contribution in [0.1, 0.15) is 11.5 Å². The van der Waals surface area contributed by atoms with E-state index in [0.717, 1.165) is 5.56 Å². The zero-order valence-corrected chi connectivity index (χ0v) is 8.58. The Morgan fingerprint density at radius 1 is 1.50 bits per heavy atom. The van der Waals surface area contributed by atoms with Gasteiger partial charge in [0.25, 0.3) is 0 Å². The molecule has 0 radical (unpaired) electrons. The molecule has 0 aliphatic carbocycles. The highest BCUT2D eigenvalue weighted by Gasteiger charge is 2.07. The fraction of sp³-hybridized carbons (Fsp3) is 0.100. The zero-order valence-electron chi connectivity index (χ0n) is 8.58. The minimum Gasteiger partial charge on any atom is -0.409 e. The maximum absolute atomic E-state index is 8.57. The first-order chi connectivity index (χ1) is 7.70. The predicted molar refractivity (Wildman–Crippen MR) is 57.0 cm³/mol. The molecule has 2 aromatic rings. The first kappa shape index (κ1) is 10.2. The molecule has 0 spiro atoms. The number of oxime groups is 1. The van der Waals surface area contributed by atoms with Crippen LogP contribution in [-0.2, 0) is 0 Å². The third-order valence-corrected chi connectivity index (χ3v) is 2.05. The number of hydrogen-bond acceptors (Lipinski definition) is 5. The van der Waals surface area contributed by atoms with Crippen LogP contribution in [0.15, 0.2) is 33.9 Å². The molecule has 0 unspecified atom stereocenters. The van der Waals surface area contributed by atoms with Crippen LogP contribution in [0.4, 0.5) is 0 Å². The maximum Gasteiger partial charge on any atom is 0.223 e. The van der Waals surface area contributed by atoms with Crippen molar-refractivity contribution in [2.45, 2.75) is 6.92 Å². The molecule has 0 fully saturated rings. The first-order valence-corrected chi connectivity index (χ1v) is 4.59. The highest BCUT2D eigenvalue weighted by atomic mass is 16.5. The average molecular weight is 218 g/mol. The van der Waals surface area contributed by atoms with Crippen molar-refractivity contribution >= 4 is 5.84 Å². The highest BCUT2D eigenvalue weighted by molar-refractivity contribution is 5.97. The molecule has 0 aliphatic heterocycles. The topological polar surface area (TPSA) is 97.5 Å². The molecule has 6 nitrogen and oxygen atoms in total. The van der Waals surface area contributed by atoms with E-state index < -0.39 is 0 Å². The Bertz CT molecular complexity index is 533. The normalized spacial score (nSPS) is 11.7. The van der Waals surface area contributed by atoms with Gasteiger partial charge in [-0.3, -0.25) is 0 Å². The quantitative estimate of drug-likeness (QED) is 0.341. The number of amidine groups is 1. The summed E-state index contributed by atoms with van der Waals surface area (Å²) in [6, 6.07) is 7.04. The van der Waals surface area contributed by atoms with Gasteiger partial charge in [-0.05, 0) is 6.07 Å². The molecule has 0 saturated heterocycles. The minimum atomic E-state index is 0.0436. The zero-order chi connectivity index (χ0) is 11.5. The van der Waals surface area contributed by atoms with E-state index in [-0.39, 0.29) is 5.84 Å². The van der Waals surface area contributed by atoms with Crippen molar-refractivity contribution in [2.24, 2.45) is 10.9 Å². The van der Waals surface area contributed by atoms with Crippen molar-refractivity contribution in [3.63, 3.8) is 0 Å². The van der Waals surface area contributed by atoms with E-state index in [1.54, 1.807) is 25.1 Å². The van der Waals surface area contributed by atoms with E-state index in [1.165, 1.54) is 0 Å². The van der Waals surface area contributed by atoms with Gasteiger partial charge in [-0.2, -0.15) is 4.98 Å². The molecule has 82 valence electrons. The Hall–Kier alpha value is -2.37. The van der Waals surface area contributed by atoms with Gasteiger partial charge in [0, 0.05) is 18.1 Å². The second-order valence-electron chi connectivity index (χ2n) is 3.20. The summed E-state index contributed by atoms with van der Waals surface area (Å²) < 4.78 is 4.87. The van der Waals surface area contributed by atoms with Gasteiger partial charge in [0.05, 0.1) is 0 Å². The predicted octanol–water partition coefficient (Wildman–Crippen LogP) is 1.14. The summed E-state index contributed by atoms with van der Waals surface area (Å²) in [4.78, 5) is 4.09. The molecular weight excluding hydrogens is 208 g/mol. The van der Waals surface area contributed by atoms with E-state index in [4.69, 9.17) is 15.5 Å². The fourth-order valence-electron chi connectivity index (χ4n) is 1.29. The first-order valence-electron chi connectivity index (χ1n) is 4.59. The molecule has 0 aliphatic rings. The SMILES string of the molecule is Cc1nc(-c2cccc(/C(N)=N/O)c2)no1. The van der Waals surface area contributed by atoms with Crippen molar-refractivity contribution in [2.75, 3.05) is 0 Å². The van der Waals surface area contributed by atoms with Gasteiger partial charge in [-0.1, -0.05) is 28.5 Å². The lowest BCUT2D eigenvalue weighted by atomic mass is 10.1. The minimum absolute atomic E-state index is 0.0436.